The fourth-order valence-corrected chi connectivity index (χ4v) is 2.05. The fourth-order valence-electron chi connectivity index (χ4n) is 2.05. The summed E-state index contributed by atoms with van der Waals surface area (Å²) in [6, 6.07) is 7.36. The summed E-state index contributed by atoms with van der Waals surface area (Å²) < 4.78 is 5.44. The number of hydrogen-bond donors (Lipinski definition) is 2. The maximum atomic E-state index is 11.1. The molecular formula is C16H20N2O3. The fraction of sp³-hybridized carbons (Fsp3) is 0.375. The number of aliphatic carboxylic acids is 1. The molecule has 1 unspecified atom stereocenters. The largest absolute Gasteiger partial charge is 0.480 e. The van der Waals surface area contributed by atoms with Crippen LogP contribution in [0.15, 0.2) is 34.9 Å². The lowest BCUT2D eigenvalue weighted by Crippen LogP contribution is -2.36. The Kier molecular flexibility index (Phi) is 5.11. The topological polar surface area (TPSA) is 75.4 Å². The molecule has 0 aliphatic heterocycles. The quantitative estimate of drug-likeness (QED) is 0.819. The van der Waals surface area contributed by atoms with Crippen LogP contribution in [0.25, 0.3) is 11.5 Å². The van der Waals surface area contributed by atoms with Crippen LogP contribution in [0.1, 0.15) is 31.0 Å². The molecule has 5 nitrogen and oxygen atoms in total. The first-order chi connectivity index (χ1) is 10.1. The zero-order chi connectivity index (χ0) is 15.2. The molecule has 0 amide bonds. The second-order valence-corrected chi connectivity index (χ2v) is 5.07. The molecule has 1 heterocycles. The molecule has 0 aliphatic carbocycles. The van der Waals surface area contributed by atoms with E-state index in [4.69, 9.17) is 9.52 Å². The van der Waals surface area contributed by atoms with Crippen molar-refractivity contribution in [3.8, 4) is 11.5 Å². The van der Waals surface area contributed by atoms with E-state index in [0.29, 0.717) is 24.6 Å². The molecule has 1 aromatic heterocycles. The third-order valence-corrected chi connectivity index (χ3v) is 3.26. The molecule has 2 aromatic rings. The van der Waals surface area contributed by atoms with E-state index in [2.05, 4.69) is 10.3 Å². The number of aromatic nitrogens is 1. The van der Waals surface area contributed by atoms with Crippen LogP contribution in [0.3, 0.4) is 0 Å². The van der Waals surface area contributed by atoms with Gasteiger partial charge in [-0.1, -0.05) is 31.0 Å². The lowest BCUT2D eigenvalue weighted by atomic mass is 10.1. The van der Waals surface area contributed by atoms with E-state index in [1.165, 1.54) is 5.56 Å². The van der Waals surface area contributed by atoms with Gasteiger partial charge < -0.3 is 9.52 Å². The highest BCUT2D eigenvalue weighted by Gasteiger charge is 2.16. The van der Waals surface area contributed by atoms with Crippen molar-refractivity contribution in [2.75, 3.05) is 0 Å². The minimum Gasteiger partial charge on any atom is -0.480 e. The van der Waals surface area contributed by atoms with Gasteiger partial charge in [0.25, 0.3) is 0 Å². The van der Waals surface area contributed by atoms with Gasteiger partial charge in [0.1, 0.15) is 12.3 Å². The van der Waals surface area contributed by atoms with Crippen LogP contribution in [0.2, 0.25) is 0 Å². The van der Waals surface area contributed by atoms with Crippen LogP contribution in [0.4, 0.5) is 0 Å². The van der Waals surface area contributed by atoms with E-state index in [9.17, 15) is 4.79 Å². The number of oxazole rings is 1. The van der Waals surface area contributed by atoms with Crippen LogP contribution in [0, 0.1) is 6.92 Å². The molecule has 2 rings (SSSR count). The molecule has 0 bridgehead atoms. The standard InChI is InChI=1S/C16H20N2O3/c1-3-4-14(16(19)20)17-9-13-10-21-15(18-13)12-7-5-11(2)6-8-12/h5-8,10,14,17H,3-4,9H2,1-2H3,(H,19,20). The number of benzene rings is 1. The molecular weight excluding hydrogens is 268 g/mol. The smallest absolute Gasteiger partial charge is 0.320 e. The predicted octanol–water partition coefficient (Wildman–Crippen LogP) is 2.99. The Morgan fingerprint density at radius 2 is 2.10 bits per heavy atom. The van der Waals surface area contributed by atoms with Crippen molar-refractivity contribution in [1.29, 1.82) is 0 Å². The van der Waals surface area contributed by atoms with Gasteiger partial charge in [-0.2, -0.15) is 0 Å². The highest BCUT2D eigenvalue weighted by Crippen LogP contribution is 2.19. The number of nitrogens with zero attached hydrogens (tertiary/aromatic N) is 1. The first kappa shape index (κ1) is 15.3. The zero-order valence-electron chi connectivity index (χ0n) is 12.3. The van der Waals surface area contributed by atoms with Crippen LogP contribution < -0.4 is 5.32 Å². The Morgan fingerprint density at radius 1 is 1.38 bits per heavy atom. The van der Waals surface area contributed by atoms with Crippen LogP contribution in [0.5, 0.6) is 0 Å². The molecule has 0 saturated carbocycles. The number of hydrogen-bond acceptors (Lipinski definition) is 4. The number of nitrogens with one attached hydrogen (secondary N) is 1. The third kappa shape index (κ3) is 4.16. The van der Waals surface area contributed by atoms with E-state index in [-0.39, 0.29) is 0 Å². The predicted molar refractivity (Wildman–Crippen MR) is 79.8 cm³/mol. The summed E-state index contributed by atoms with van der Waals surface area (Å²) in [5.74, 6) is -0.284. The minimum absolute atomic E-state index is 0.381. The van der Waals surface area contributed by atoms with Gasteiger partial charge in [0.15, 0.2) is 0 Å². The number of carboxylic acids is 1. The Morgan fingerprint density at radius 3 is 2.71 bits per heavy atom. The molecule has 2 N–H and O–H groups in total. The Bertz CT molecular complexity index is 590. The summed E-state index contributed by atoms with van der Waals surface area (Å²) in [6.07, 6.45) is 2.97. The Balaban J connectivity index is 2.00. The van der Waals surface area contributed by atoms with Gasteiger partial charge in [0.05, 0.1) is 5.69 Å². The third-order valence-electron chi connectivity index (χ3n) is 3.26. The summed E-state index contributed by atoms with van der Waals surface area (Å²) in [6.45, 7) is 4.37. The van der Waals surface area contributed by atoms with Crippen molar-refractivity contribution < 1.29 is 14.3 Å². The van der Waals surface area contributed by atoms with Crippen molar-refractivity contribution in [3.05, 3.63) is 41.8 Å². The Hall–Kier alpha value is -2.14. The summed E-state index contributed by atoms with van der Waals surface area (Å²) in [4.78, 5) is 15.4. The number of rotatable bonds is 7. The van der Waals surface area contributed by atoms with Crippen molar-refractivity contribution in [2.45, 2.75) is 39.3 Å². The average molecular weight is 288 g/mol. The summed E-state index contributed by atoms with van der Waals surface area (Å²) in [5, 5.41) is 12.1. The van der Waals surface area contributed by atoms with Gasteiger partial charge in [0, 0.05) is 12.1 Å². The van der Waals surface area contributed by atoms with Crippen LogP contribution >= 0.6 is 0 Å². The second kappa shape index (κ2) is 7.04. The molecule has 0 aliphatic rings. The average Bonchev–Trinajstić information content (AvgIpc) is 2.92. The van der Waals surface area contributed by atoms with Crippen molar-refractivity contribution in [3.63, 3.8) is 0 Å². The molecule has 0 spiro atoms. The SMILES string of the molecule is CCCC(NCc1coc(-c2ccc(C)cc2)n1)C(=O)O. The molecule has 112 valence electrons. The van der Waals surface area contributed by atoms with E-state index >= 15 is 0 Å². The highest BCUT2D eigenvalue weighted by molar-refractivity contribution is 5.73. The number of aryl methyl sites for hydroxylation is 1. The maximum absolute atomic E-state index is 11.1. The van der Waals surface area contributed by atoms with E-state index in [0.717, 1.165) is 12.0 Å². The normalized spacial score (nSPS) is 12.3. The number of carboxylic acid groups (broad SMARTS) is 1. The van der Waals surface area contributed by atoms with E-state index in [1.807, 2.05) is 38.1 Å². The number of carbonyl (C=O) groups is 1. The minimum atomic E-state index is -0.834. The first-order valence-electron chi connectivity index (χ1n) is 7.07. The van der Waals surface area contributed by atoms with Crippen LogP contribution in [-0.2, 0) is 11.3 Å². The molecule has 5 heteroatoms. The molecule has 0 saturated heterocycles. The highest BCUT2D eigenvalue weighted by atomic mass is 16.4. The molecule has 0 fully saturated rings. The van der Waals surface area contributed by atoms with Crippen molar-refractivity contribution in [2.24, 2.45) is 0 Å². The summed E-state index contributed by atoms with van der Waals surface area (Å²) in [7, 11) is 0. The summed E-state index contributed by atoms with van der Waals surface area (Å²) in [5.41, 5.74) is 2.79. The summed E-state index contributed by atoms with van der Waals surface area (Å²) >= 11 is 0. The maximum Gasteiger partial charge on any atom is 0.320 e. The first-order valence-corrected chi connectivity index (χ1v) is 7.07. The van der Waals surface area contributed by atoms with E-state index in [1.54, 1.807) is 6.26 Å². The lowest BCUT2D eigenvalue weighted by Gasteiger charge is -2.11. The lowest BCUT2D eigenvalue weighted by molar-refractivity contribution is -0.139. The van der Waals surface area contributed by atoms with Gasteiger partial charge >= 0.3 is 5.97 Å². The van der Waals surface area contributed by atoms with Crippen LogP contribution in [-0.4, -0.2) is 22.1 Å². The van der Waals surface area contributed by atoms with Gasteiger partial charge in [-0.25, -0.2) is 4.98 Å². The van der Waals surface area contributed by atoms with E-state index < -0.39 is 12.0 Å². The molecule has 21 heavy (non-hydrogen) atoms. The van der Waals surface area contributed by atoms with Gasteiger partial charge in [-0.15, -0.1) is 0 Å². The Labute approximate surface area is 124 Å². The monoisotopic (exact) mass is 288 g/mol. The van der Waals surface area contributed by atoms with Gasteiger partial charge in [0.2, 0.25) is 5.89 Å². The van der Waals surface area contributed by atoms with Crippen molar-refractivity contribution in [1.82, 2.24) is 10.3 Å². The van der Waals surface area contributed by atoms with Crippen molar-refractivity contribution >= 4 is 5.97 Å². The molecule has 0 radical (unpaired) electrons. The molecule has 1 aromatic carbocycles. The molecule has 1 atom stereocenters. The second-order valence-electron chi connectivity index (χ2n) is 5.07. The zero-order valence-corrected chi connectivity index (χ0v) is 12.3. The van der Waals surface area contributed by atoms with Gasteiger partial charge in [-0.05, 0) is 25.5 Å². The van der Waals surface area contributed by atoms with Gasteiger partial charge in [-0.3, -0.25) is 10.1 Å².